The Morgan fingerprint density at radius 1 is 1.15 bits per heavy atom. The number of benzene rings is 2. The van der Waals surface area contributed by atoms with E-state index in [-0.39, 0.29) is 7.66 Å². The number of halogens is 3. The summed E-state index contributed by atoms with van der Waals surface area (Å²) in [5.74, 6) is 0. The molecule has 1 heterocycles. The van der Waals surface area contributed by atoms with Crippen molar-refractivity contribution in [1.29, 1.82) is 0 Å². The molecular formula is C15H14I3NS. The fourth-order valence-electron chi connectivity index (χ4n) is 2.40. The monoisotopic (exact) mass is 621 g/mol. The zero-order valence-corrected chi connectivity index (χ0v) is 18.4. The summed E-state index contributed by atoms with van der Waals surface area (Å²) in [4.78, 5) is 6.51. The molecule has 2 aromatic carbocycles. The SMILES string of the molecule is CCc1cccc2c1=Nc1c(C)cccc1S=2I(I)I. The van der Waals surface area contributed by atoms with E-state index in [9.17, 15) is 0 Å². The molecule has 5 heteroatoms. The van der Waals surface area contributed by atoms with Crippen molar-refractivity contribution in [3.63, 3.8) is 0 Å². The Hall–Kier alpha value is 0.780. The predicted octanol–water partition coefficient (Wildman–Crippen LogP) is 6.52. The van der Waals surface area contributed by atoms with Crippen molar-refractivity contribution in [2.24, 2.45) is 4.99 Å². The molecule has 3 rings (SSSR count). The molecule has 0 N–H and O–H groups in total. The molecule has 0 amide bonds. The van der Waals surface area contributed by atoms with Crippen LogP contribution in [0.4, 0.5) is 5.69 Å². The summed E-state index contributed by atoms with van der Waals surface area (Å²) >= 11 is 5.41. The number of para-hydroxylation sites is 2. The van der Waals surface area contributed by atoms with E-state index in [2.05, 4.69) is 87.5 Å². The Bertz CT molecular complexity index is 799. The summed E-state index contributed by atoms with van der Waals surface area (Å²) in [6.07, 6.45) is 1.06. The average Bonchev–Trinajstić information content (AvgIpc) is 2.44. The molecule has 106 valence electrons. The summed E-state index contributed by atoms with van der Waals surface area (Å²) in [7, 11) is -0.784. The maximum absolute atomic E-state index is 5.04. The molecule has 1 aliphatic rings. The van der Waals surface area contributed by atoms with Crippen molar-refractivity contribution in [3.8, 4) is 0 Å². The molecule has 20 heavy (non-hydrogen) atoms. The predicted molar refractivity (Wildman–Crippen MR) is 115 cm³/mol. The van der Waals surface area contributed by atoms with Crippen molar-refractivity contribution >= 4 is 61.1 Å². The Morgan fingerprint density at radius 2 is 1.90 bits per heavy atom. The molecule has 1 unspecified atom stereocenters. The quantitative estimate of drug-likeness (QED) is 0.268. The van der Waals surface area contributed by atoms with Crippen molar-refractivity contribution < 1.29 is 0 Å². The van der Waals surface area contributed by atoms with Crippen molar-refractivity contribution in [2.45, 2.75) is 25.2 Å². The number of hydrogen-bond acceptors (Lipinski definition) is 1. The van der Waals surface area contributed by atoms with Gasteiger partial charge in [-0.1, -0.05) is 0 Å². The van der Waals surface area contributed by atoms with E-state index in [1.165, 1.54) is 31.6 Å². The van der Waals surface area contributed by atoms with Gasteiger partial charge < -0.3 is 0 Å². The van der Waals surface area contributed by atoms with Crippen LogP contribution >= 0.6 is 55.4 Å². The van der Waals surface area contributed by atoms with Crippen LogP contribution in [-0.2, 0) is 6.42 Å². The zero-order chi connectivity index (χ0) is 14.3. The first-order valence-electron chi connectivity index (χ1n) is 6.34. The Balaban J connectivity index is 2.51. The van der Waals surface area contributed by atoms with E-state index in [1.54, 1.807) is 0 Å². The van der Waals surface area contributed by atoms with E-state index >= 15 is 0 Å². The number of rotatable bonds is 2. The van der Waals surface area contributed by atoms with Crippen LogP contribution in [0.25, 0.3) is 0 Å². The molecule has 0 fully saturated rings. The van der Waals surface area contributed by atoms with Gasteiger partial charge in [-0.3, -0.25) is 0 Å². The molecule has 0 saturated carbocycles. The topological polar surface area (TPSA) is 12.4 Å². The number of aryl methyl sites for hydroxylation is 2. The average molecular weight is 621 g/mol. The van der Waals surface area contributed by atoms with Crippen LogP contribution in [0.3, 0.4) is 0 Å². The van der Waals surface area contributed by atoms with Crippen LogP contribution < -0.4 is 5.36 Å². The molecule has 0 aromatic heterocycles. The van der Waals surface area contributed by atoms with Gasteiger partial charge in [-0.05, 0) is 0 Å². The van der Waals surface area contributed by atoms with Crippen LogP contribution in [0.5, 0.6) is 0 Å². The summed E-state index contributed by atoms with van der Waals surface area (Å²) in [6, 6.07) is 13.4. The summed E-state index contributed by atoms with van der Waals surface area (Å²) in [6.45, 7) is 4.41. The third kappa shape index (κ3) is 2.71. The Kier molecular flexibility index (Phi) is 5.09. The fourth-order valence-corrected chi connectivity index (χ4v) is 22.7. The first-order chi connectivity index (χ1) is 9.63. The van der Waals surface area contributed by atoms with Crippen LogP contribution in [0, 0.1) is 11.4 Å². The summed E-state index contributed by atoms with van der Waals surface area (Å²) < 4.78 is 1.48. The second-order valence-corrected chi connectivity index (χ2v) is 40.5. The second-order valence-electron chi connectivity index (χ2n) is 4.58. The van der Waals surface area contributed by atoms with Crippen molar-refractivity contribution in [2.75, 3.05) is 0 Å². The molecule has 0 saturated heterocycles. The van der Waals surface area contributed by atoms with E-state index in [0.717, 1.165) is 6.42 Å². The standard InChI is InChI=1S/C15H14I3NS/c1-3-11-7-5-9-13-15(11)19-14-10(2)6-4-8-12(14)20(13)18(16)17/h4-9H,3H2,1-2H3. The normalized spacial score (nSPS) is 17.0. The van der Waals surface area contributed by atoms with Crippen LogP contribution in [0.15, 0.2) is 46.3 Å². The van der Waals surface area contributed by atoms with Gasteiger partial charge in [0.15, 0.2) is 0 Å². The number of fused-ring (bicyclic) bond motifs is 2. The van der Waals surface area contributed by atoms with E-state index in [1.807, 2.05) is 0 Å². The number of hydrogen-bond donors (Lipinski definition) is 0. The first kappa shape index (κ1) is 15.7. The zero-order valence-electron chi connectivity index (χ0n) is 11.2. The Labute approximate surface area is 146 Å². The molecule has 0 bridgehead atoms. The van der Waals surface area contributed by atoms with Gasteiger partial charge in [0, 0.05) is 0 Å². The van der Waals surface area contributed by atoms with Gasteiger partial charge in [0.05, 0.1) is 0 Å². The minimum atomic E-state index is -1.05. The van der Waals surface area contributed by atoms with Gasteiger partial charge in [-0.15, -0.1) is 0 Å². The number of nitrogens with zero attached hydrogens (tertiary/aromatic N) is 1. The Morgan fingerprint density at radius 3 is 2.60 bits per heavy atom. The van der Waals surface area contributed by atoms with Gasteiger partial charge in [0.1, 0.15) is 0 Å². The summed E-state index contributed by atoms with van der Waals surface area (Å²) in [5.41, 5.74) is 3.93. The van der Waals surface area contributed by atoms with E-state index in [4.69, 9.17) is 4.99 Å². The van der Waals surface area contributed by atoms with Crippen molar-refractivity contribution in [1.82, 2.24) is 0 Å². The van der Waals surface area contributed by atoms with Gasteiger partial charge in [-0.25, -0.2) is 0 Å². The van der Waals surface area contributed by atoms with Crippen LogP contribution in [-0.4, -0.2) is 0 Å². The third-order valence-corrected chi connectivity index (χ3v) is 23.3. The van der Waals surface area contributed by atoms with Gasteiger partial charge in [0.2, 0.25) is 0 Å². The maximum atomic E-state index is 5.04. The molecule has 2 aromatic rings. The molecule has 1 aliphatic heterocycles. The minimum absolute atomic E-state index is 0.268. The third-order valence-electron chi connectivity index (χ3n) is 3.39. The molecule has 0 spiro atoms. The van der Waals surface area contributed by atoms with E-state index in [0.29, 0.717) is 0 Å². The van der Waals surface area contributed by atoms with Crippen LogP contribution in [0.2, 0.25) is 0 Å². The van der Waals surface area contributed by atoms with Gasteiger partial charge >= 0.3 is 149 Å². The second kappa shape index (κ2) is 6.49. The van der Waals surface area contributed by atoms with E-state index < -0.39 is 10.5 Å². The van der Waals surface area contributed by atoms with Gasteiger partial charge in [-0.2, -0.15) is 0 Å². The molecule has 1 atom stereocenters. The van der Waals surface area contributed by atoms with Gasteiger partial charge in [0.25, 0.3) is 0 Å². The fraction of sp³-hybridized carbons (Fsp3) is 0.200. The summed E-state index contributed by atoms with van der Waals surface area (Å²) in [5, 5.41) is 1.26. The molecular weight excluding hydrogens is 607 g/mol. The van der Waals surface area contributed by atoms with Crippen LogP contribution in [0.1, 0.15) is 18.1 Å². The molecule has 0 aliphatic carbocycles. The first-order valence-corrected chi connectivity index (χ1v) is 22.7. The molecule has 0 radical (unpaired) electrons. The molecule has 1 nitrogen and oxygen atoms in total. The van der Waals surface area contributed by atoms with Crippen molar-refractivity contribution in [3.05, 3.63) is 57.4 Å².